The topological polar surface area (TPSA) is 88.6 Å². The van der Waals surface area contributed by atoms with E-state index < -0.39 is 5.92 Å². The molecule has 2 aromatic heterocycles. The fourth-order valence-corrected chi connectivity index (χ4v) is 2.90. The van der Waals surface area contributed by atoms with E-state index in [1.165, 1.54) is 6.33 Å². The Hall–Kier alpha value is -3.41. The first-order chi connectivity index (χ1) is 11.8. The van der Waals surface area contributed by atoms with Crippen molar-refractivity contribution in [3.8, 4) is 0 Å². The smallest absolute Gasteiger partial charge is 0.178 e. The molecule has 0 bridgehead atoms. The van der Waals surface area contributed by atoms with Crippen molar-refractivity contribution in [3.63, 3.8) is 0 Å². The van der Waals surface area contributed by atoms with Gasteiger partial charge >= 0.3 is 0 Å². The van der Waals surface area contributed by atoms with Crippen molar-refractivity contribution >= 4 is 23.2 Å². The lowest BCUT2D eigenvalue weighted by Crippen LogP contribution is -2.18. The van der Waals surface area contributed by atoms with Gasteiger partial charge in [-0.15, -0.1) is 0 Å². The molecular formula is C18H12N4O2. The van der Waals surface area contributed by atoms with Crippen LogP contribution in [0, 0.1) is 5.92 Å². The van der Waals surface area contributed by atoms with Crippen LogP contribution in [0.2, 0.25) is 0 Å². The molecule has 0 fully saturated rings. The molecule has 4 rings (SSSR count). The molecule has 1 aliphatic rings. The second kappa shape index (κ2) is 5.66. The number of fused-ring (bicyclic) bond motifs is 1. The number of ketones is 2. The number of hydrogen-bond acceptors (Lipinski definition) is 5. The van der Waals surface area contributed by atoms with Crippen LogP contribution in [0.25, 0.3) is 11.6 Å². The number of nitrogens with zero attached hydrogens (tertiary/aromatic N) is 3. The quantitative estimate of drug-likeness (QED) is 0.750. The summed E-state index contributed by atoms with van der Waals surface area (Å²) in [6.45, 7) is 0. The molecule has 1 aliphatic carbocycles. The van der Waals surface area contributed by atoms with E-state index in [9.17, 15) is 9.59 Å². The summed E-state index contributed by atoms with van der Waals surface area (Å²) in [6.07, 6.45) is 4.65. The maximum Gasteiger partial charge on any atom is 0.178 e. The van der Waals surface area contributed by atoms with Gasteiger partial charge in [-0.05, 0) is 18.2 Å². The predicted molar refractivity (Wildman–Crippen MR) is 87.1 cm³/mol. The Morgan fingerprint density at radius 2 is 1.67 bits per heavy atom. The Kier molecular flexibility index (Phi) is 3.35. The summed E-state index contributed by atoms with van der Waals surface area (Å²) in [5.74, 6) is -0.881. The maximum atomic E-state index is 12.8. The average Bonchev–Trinajstić information content (AvgIpc) is 3.22. The SMILES string of the molecule is O=C1c2ccccc2C(=O)C1/C(=C/c1ncn[nH]1)c1ccccn1. The molecule has 0 saturated carbocycles. The lowest BCUT2D eigenvalue weighted by Gasteiger charge is -2.11. The van der Waals surface area contributed by atoms with Gasteiger partial charge < -0.3 is 0 Å². The Morgan fingerprint density at radius 3 is 2.25 bits per heavy atom. The first-order valence-electron chi connectivity index (χ1n) is 7.41. The minimum atomic E-state index is -0.914. The first-order valence-corrected chi connectivity index (χ1v) is 7.41. The highest BCUT2D eigenvalue weighted by atomic mass is 16.2. The number of carbonyl (C=O) groups is 2. The third-order valence-electron chi connectivity index (χ3n) is 3.98. The van der Waals surface area contributed by atoms with Gasteiger partial charge in [-0.1, -0.05) is 30.3 Å². The van der Waals surface area contributed by atoms with Crippen LogP contribution in [0.15, 0.2) is 55.0 Å². The van der Waals surface area contributed by atoms with E-state index in [1.54, 1.807) is 48.7 Å². The summed E-state index contributed by atoms with van der Waals surface area (Å²) >= 11 is 0. The van der Waals surface area contributed by atoms with E-state index in [0.717, 1.165) is 0 Å². The number of pyridine rings is 1. The molecule has 0 spiro atoms. The van der Waals surface area contributed by atoms with Crippen LogP contribution in [0.4, 0.5) is 0 Å². The lowest BCUT2D eigenvalue weighted by molar-refractivity contribution is 0.0878. The first kappa shape index (κ1) is 14.2. The van der Waals surface area contributed by atoms with Gasteiger partial charge in [-0.25, -0.2) is 4.98 Å². The van der Waals surface area contributed by atoms with Gasteiger partial charge in [0.1, 0.15) is 18.1 Å². The number of benzene rings is 1. The number of rotatable bonds is 3. The maximum absolute atomic E-state index is 12.8. The highest BCUT2D eigenvalue weighted by Crippen LogP contribution is 2.36. The standard InChI is InChI=1S/C18H12N4O2/c23-17-11-5-1-2-6-12(11)18(24)16(17)13(9-15-20-10-21-22-15)14-7-3-4-8-19-14/h1-10,16H,(H,20,21,22)/b13-9+. The number of H-pyrrole nitrogens is 1. The Morgan fingerprint density at radius 1 is 0.958 bits per heavy atom. The molecule has 0 atom stereocenters. The zero-order valence-corrected chi connectivity index (χ0v) is 12.5. The number of carbonyl (C=O) groups excluding carboxylic acids is 2. The fourth-order valence-electron chi connectivity index (χ4n) is 2.90. The molecule has 24 heavy (non-hydrogen) atoms. The van der Waals surface area contributed by atoms with Crippen molar-refractivity contribution in [2.24, 2.45) is 5.92 Å². The van der Waals surface area contributed by atoms with Gasteiger partial charge in [0.2, 0.25) is 0 Å². The van der Waals surface area contributed by atoms with E-state index in [1.807, 2.05) is 6.07 Å². The normalized spacial score (nSPS) is 14.9. The summed E-state index contributed by atoms with van der Waals surface area (Å²) in [7, 11) is 0. The van der Waals surface area contributed by atoms with Crippen molar-refractivity contribution < 1.29 is 9.59 Å². The number of nitrogens with one attached hydrogen (secondary N) is 1. The third kappa shape index (κ3) is 2.25. The molecule has 0 radical (unpaired) electrons. The average molecular weight is 316 g/mol. The van der Waals surface area contributed by atoms with Gasteiger partial charge in [-0.3, -0.25) is 19.7 Å². The molecule has 6 nitrogen and oxygen atoms in total. The number of aromatic amines is 1. The van der Waals surface area contributed by atoms with Crippen LogP contribution in [0.5, 0.6) is 0 Å². The van der Waals surface area contributed by atoms with Crippen LogP contribution in [-0.4, -0.2) is 31.7 Å². The monoisotopic (exact) mass is 316 g/mol. The fraction of sp³-hybridized carbons (Fsp3) is 0.0556. The van der Waals surface area contributed by atoms with Crippen molar-refractivity contribution in [2.45, 2.75) is 0 Å². The number of aromatic nitrogens is 4. The second-order valence-corrected chi connectivity index (χ2v) is 5.39. The van der Waals surface area contributed by atoms with Crippen molar-refractivity contribution in [3.05, 3.63) is 77.6 Å². The summed E-state index contributed by atoms with van der Waals surface area (Å²) in [6, 6.07) is 12.2. The Bertz CT molecular complexity index is 911. The van der Waals surface area contributed by atoms with Crippen LogP contribution in [0.3, 0.4) is 0 Å². The molecule has 2 heterocycles. The number of allylic oxidation sites excluding steroid dienone is 1. The molecule has 0 aliphatic heterocycles. The number of Topliss-reactive ketones (excluding diaryl/α,β-unsaturated/α-hetero) is 2. The second-order valence-electron chi connectivity index (χ2n) is 5.39. The Balaban J connectivity index is 1.87. The molecule has 0 unspecified atom stereocenters. The van der Waals surface area contributed by atoms with E-state index in [0.29, 0.717) is 28.2 Å². The summed E-state index contributed by atoms with van der Waals surface area (Å²) in [5.41, 5.74) is 1.98. The van der Waals surface area contributed by atoms with Crippen molar-refractivity contribution in [2.75, 3.05) is 0 Å². The van der Waals surface area contributed by atoms with Gasteiger partial charge in [0.05, 0.1) is 5.69 Å². The molecule has 1 N–H and O–H groups in total. The van der Waals surface area contributed by atoms with E-state index >= 15 is 0 Å². The zero-order chi connectivity index (χ0) is 16.5. The van der Waals surface area contributed by atoms with Crippen LogP contribution in [0.1, 0.15) is 32.2 Å². The molecule has 0 saturated heterocycles. The molecule has 0 amide bonds. The van der Waals surface area contributed by atoms with Crippen LogP contribution >= 0.6 is 0 Å². The van der Waals surface area contributed by atoms with E-state index in [2.05, 4.69) is 20.2 Å². The minimum Gasteiger partial charge on any atom is -0.293 e. The summed E-state index contributed by atoms with van der Waals surface area (Å²) in [4.78, 5) is 34.0. The zero-order valence-electron chi connectivity index (χ0n) is 12.5. The third-order valence-corrected chi connectivity index (χ3v) is 3.98. The largest absolute Gasteiger partial charge is 0.293 e. The van der Waals surface area contributed by atoms with Gasteiger partial charge in [0.25, 0.3) is 0 Å². The molecule has 3 aromatic rings. The van der Waals surface area contributed by atoms with Crippen LogP contribution < -0.4 is 0 Å². The highest BCUT2D eigenvalue weighted by molar-refractivity contribution is 6.32. The minimum absolute atomic E-state index is 0.216. The lowest BCUT2D eigenvalue weighted by atomic mass is 9.90. The molecule has 6 heteroatoms. The van der Waals surface area contributed by atoms with E-state index in [-0.39, 0.29) is 11.6 Å². The molecule has 116 valence electrons. The van der Waals surface area contributed by atoms with Crippen molar-refractivity contribution in [1.29, 1.82) is 0 Å². The highest BCUT2D eigenvalue weighted by Gasteiger charge is 2.41. The van der Waals surface area contributed by atoms with Crippen LogP contribution in [-0.2, 0) is 0 Å². The molecule has 1 aromatic carbocycles. The van der Waals surface area contributed by atoms with Crippen molar-refractivity contribution in [1.82, 2.24) is 20.2 Å². The van der Waals surface area contributed by atoms with Gasteiger partial charge in [0.15, 0.2) is 11.6 Å². The summed E-state index contributed by atoms with van der Waals surface area (Å²) < 4.78 is 0. The van der Waals surface area contributed by atoms with Gasteiger partial charge in [-0.2, -0.15) is 5.10 Å². The van der Waals surface area contributed by atoms with E-state index in [4.69, 9.17) is 0 Å². The predicted octanol–water partition coefficient (Wildman–Crippen LogP) is 2.44. The summed E-state index contributed by atoms with van der Waals surface area (Å²) in [5, 5.41) is 6.53. The number of hydrogen-bond donors (Lipinski definition) is 1. The molecular weight excluding hydrogens is 304 g/mol. The van der Waals surface area contributed by atoms with Gasteiger partial charge in [0, 0.05) is 22.9 Å². The Labute approximate surface area is 137 Å².